The number of carbonyl (C=O) groups is 1. The van der Waals surface area contributed by atoms with E-state index in [0.29, 0.717) is 23.1 Å². The lowest BCUT2D eigenvalue weighted by atomic mass is 10.1. The van der Waals surface area contributed by atoms with Crippen LogP contribution < -0.4 is 25.6 Å². The molecule has 1 amide bonds. The van der Waals surface area contributed by atoms with Crippen molar-refractivity contribution in [2.24, 2.45) is 0 Å². The zero-order valence-corrected chi connectivity index (χ0v) is 21.0. The first-order valence-corrected chi connectivity index (χ1v) is 12.0. The van der Waals surface area contributed by atoms with Gasteiger partial charge in [-0.15, -0.1) is 11.3 Å². The summed E-state index contributed by atoms with van der Waals surface area (Å²) < 4.78 is 6.68. The zero-order chi connectivity index (χ0) is 24.9. The van der Waals surface area contributed by atoms with Gasteiger partial charge in [0.25, 0.3) is 0 Å². The van der Waals surface area contributed by atoms with Gasteiger partial charge in [0.05, 0.1) is 40.1 Å². The number of rotatable bonds is 9. The monoisotopic (exact) mass is 488 g/mol. The second-order valence-electron chi connectivity index (χ2n) is 7.76. The number of nitrogens with one attached hydrogen (secondary N) is 3. The van der Waals surface area contributed by atoms with Gasteiger partial charge in [0.2, 0.25) is 11.9 Å². The number of hydrogen-bond acceptors (Lipinski definition) is 8. The molecule has 35 heavy (non-hydrogen) atoms. The molecule has 2 aromatic heterocycles. The van der Waals surface area contributed by atoms with Crippen LogP contribution in [0.15, 0.2) is 60.5 Å². The number of nitrogens with zero attached hydrogens (tertiary/aromatic N) is 3. The minimum atomic E-state index is -0.296. The highest BCUT2D eigenvalue weighted by Crippen LogP contribution is 2.39. The summed E-state index contributed by atoms with van der Waals surface area (Å²) >= 11 is 1.61. The van der Waals surface area contributed by atoms with Crippen LogP contribution in [0.25, 0.3) is 21.5 Å². The lowest BCUT2D eigenvalue weighted by Gasteiger charge is -2.23. The van der Waals surface area contributed by atoms with Crippen LogP contribution in [-0.4, -0.2) is 43.6 Å². The van der Waals surface area contributed by atoms with Crippen LogP contribution in [0.3, 0.4) is 0 Å². The predicted octanol–water partition coefficient (Wildman–Crippen LogP) is 5.73. The van der Waals surface area contributed by atoms with E-state index in [1.807, 2.05) is 73.8 Å². The van der Waals surface area contributed by atoms with E-state index in [1.165, 1.54) is 6.08 Å². The third-order valence-corrected chi connectivity index (χ3v) is 6.55. The van der Waals surface area contributed by atoms with Crippen LogP contribution in [0.2, 0.25) is 0 Å². The van der Waals surface area contributed by atoms with Crippen LogP contribution in [-0.2, 0) is 4.79 Å². The molecule has 0 bridgehead atoms. The van der Waals surface area contributed by atoms with Crippen molar-refractivity contribution in [2.45, 2.75) is 6.92 Å². The van der Waals surface area contributed by atoms with Gasteiger partial charge >= 0.3 is 0 Å². The molecule has 0 spiro atoms. The fourth-order valence-corrected chi connectivity index (χ4v) is 4.48. The minimum absolute atomic E-state index is 0.296. The summed E-state index contributed by atoms with van der Waals surface area (Å²) in [6, 6.07) is 13.8. The Kier molecular flexibility index (Phi) is 7.17. The number of anilines is 5. The third-order valence-electron chi connectivity index (χ3n) is 5.64. The van der Waals surface area contributed by atoms with Crippen molar-refractivity contribution in [3.05, 3.63) is 60.5 Å². The Morgan fingerprint density at radius 2 is 1.94 bits per heavy atom. The number of methoxy groups -OCH3 is 1. The highest BCUT2D eigenvalue weighted by Gasteiger charge is 2.17. The number of amides is 1. The minimum Gasteiger partial charge on any atom is -0.494 e. The van der Waals surface area contributed by atoms with Crippen molar-refractivity contribution in [1.82, 2.24) is 9.97 Å². The predicted molar refractivity (Wildman–Crippen MR) is 146 cm³/mol. The highest BCUT2D eigenvalue weighted by atomic mass is 32.1. The van der Waals surface area contributed by atoms with E-state index in [-0.39, 0.29) is 5.91 Å². The average Bonchev–Trinajstić information content (AvgIpc) is 3.36. The number of thiophene rings is 1. The number of fused-ring (bicyclic) bond motifs is 1. The Labute approximate surface area is 208 Å². The molecule has 0 saturated heterocycles. The molecular formula is C26H28N6O2S. The Morgan fingerprint density at radius 1 is 1.17 bits per heavy atom. The zero-order valence-electron chi connectivity index (χ0n) is 20.2. The van der Waals surface area contributed by atoms with Gasteiger partial charge in [0.15, 0.2) is 0 Å². The Morgan fingerprint density at radius 3 is 2.60 bits per heavy atom. The summed E-state index contributed by atoms with van der Waals surface area (Å²) in [7, 11) is 5.45. The first-order valence-electron chi connectivity index (χ1n) is 11.1. The quantitative estimate of drug-likeness (QED) is 0.259. The van der Waals surface area contributed by atoms with Crippen LogP contribution in [0, 0.1) is 0 Å². The average molecular weight is 489 g/mol. The maximum atomic E-state index is 12.1. The van der Waals surface area contributed by atoms with Gasteiger partial charge in [-0.2, -0.15) is 0 Å². The fourth-order valence-electron chi connectivity index (χ4n) is 3.64. The van der Waals surface area contributed by atoms with Crippen LogP contribution in [0.1, 0.15) is 6.92 Å². The van der Waals surface area contributed by atoms with E-state index in [1.54, 1.807) is 18.4 Å². The van der Waals surface area contributed by atoms with Crippen molar-refractivity contribution in [3.63, 3.8) is 0 Å². The largest absolute Gasteiger partial charge is 0.494 e. The topological polar surface area (TPSA) is 91.4 Å². The summed E-state index contributed by atoms with van der Waals surface area (Å²) in [6.07, 6.45) is 1.24. The van der Waals surface area contributed by atoms with E-state index in [9.17, 15) is 4.79 Å². The number of benzene rings is 2. The molecule has 0 atom stereocenters. The number of hydrogen-bond donors (Lipinski definition) is 3. The summed E-state index contributed by atoms with van der Waals surface area (Å²) in [5.41, 5.74) is 5.79. The first-order chi connectivity index (χ1) is 17.0. The molecule has 4 aromatic rings. The SMILES string of the molecule is C=CC(=O)Nc1cc(Nc2nc(-c3ccc(NC)cc3)c3sccc3n2)c(OC)cc1N(C)CC. The molecule has 9 heteroatoms. The van der Waals surface area contributed by atoms with Crippen molar-refractivity contribution in [2.75, 3.05) is 48.6 Å². The first kappa shape index (κ1) is 24.0. The molecule has 0 aliphatic carbocycles. The fraction of sp³-hybridized carbons (Fsp3) is 0.192. The van der Waals surface area contributed by atoms with Gasteiger partial charge in [-0.05, 0) is 42.6 Å². The Balaban J connectivity index is 1.79. The lowest BCUT2D eigenvalue weighted by molar-refractivity contribution is -0.111. The van der Waals surface area contributed by atoms with Crippen molar-refractivity contribution < 1.29 is 9.53 Å². The molecule has 0 saturated carbocycles. The van der Waals surface area contributed by atoms with Crippen molar-refractivity contribution in [3.8, 4) is 17.0 Å². The van der Waals surface area contributed by atoms with E-state index in [4.69, 9.17) is 14.7 Å². The van der Waals surface area contributed by atoms with Crippen molar-refractivity contribution >= 4 is 56.2 Å². The molecule has 0 aliphatic rings. The molecule has 0 unspecified atom stereocenters. The van der Waals surface area contributed by atoms with Crippen LogP contribution in [0.5, 0.6) is 5.75 Å². The van der Waals surface area contributed by atoms with E-state index in [0.717, 1.165) is 39.4 Å². The van der Waals surface area contributed by atoms with Gasteiger partial charge in [-0.1, -0.05) is 18.7 Å². The Hall–Kier alpha value is -4.11. The molecule has 3 N–H and O–H groups in total. The smallest absolute Gasteiger partial charge is 0.247 e. The maximum Gasteiger partial charge on any atom is 0.247 e. The molecule has 0 aliphatic heterocycles. The molecule has 0 radical (unpaired) electrons. The molecule has 8 nitrogen and oxygen atoms in total. The van der Waals surface area contributed by atoms with E-state index in [2.05, 4.69) is 22.5 Å². The summed E-state index contributed by atoms with van der Waals surface area (Å²) in [5, 5.41) is 11.3. The van der Waals surface area contributed by atoms with Crippen LogP contribution >= 0.6 is 11.3 Å². The number of ether oxygens (including phenoxy) is 1. The van der Waals surface area contributed by atoms with Gasteiger partial charge in [0, 0.05) is 38.0 Å². The van der Waals surface area contributed by atoms with Crippen molar-refractivity contribution in [1.29, 1.82) is 0 Å². The molecule has 180 valence electrons. The highest BCUT2D eigenvalue weighted by molar-refractivity contribution is 7.17. The summed E-state index contributed by atoms with van der Waals surface area (Å²) in [6.45, 7) is 6.34. The Bertz CT molecular complexity index is 1370. The second kappa shape index (κ2) is 10.4. The van der Waals surface area contributed by atoms with Crippen LogP contribution in [0.4, 0.5) is 28.7 Å². The van der Waals surface area contributed by atoms with Gasteiger partial charge in [-0.25, -0.2) is 9.97 Å². The molecule has 2 heterocycles. The van der Waals surface area contributed by atoms with E-state index < -0.39 is 0 Å². The molecule has 2 aromatic carbocycles. The molecular weight excluding hydrogens is 460 g/mol. The molecule has 0 fully saturated rings. The normalized spacial score (nSPS) is 10.6. The third kappa shape index (κ3) is 5.04. The van der Waals surface area contributed by atoms with Gasteiger partial charge in [0.1, 0.15) is 5.75 Å². The summed E-state index contributed by atoms with van der Waals surface area (Å²) in [4.78, 5) is 23.7. The van der Waals surface area contributed by atoms with Gasteiger partial charge in [-0.3, -0.25) is 4.79 Å². The second-order valence-corrected chi connectivity index (χ2v) is 8.68. The maximum absolute atomic E-state index is 12.1. The lowest BCUT2D eigenvalue weighted by Crippen LogP contribution is -2.19. The summed E-state index contributed by atoms with van der Waals surface area (Å²) in [5.74, 6) is 0.737. The molecule has 4 rings (SSSR count). The van der Waals surface area contributed by atoms with E-state index >= 15 is 0 Å². The van der Waals surface area contributed by atoms with Gasteiger partial charge < -0.3 is 25.6 Å². The standard InChI is InChI=1S/C26H28N6O2S/c1-6-23(33)28-19-14-20(22(34-5)15-21(19)32(4)7-2)30-26-29-18-12-13-35-25(18)24(31-26)16-8-10-17(27-3)11-9-16/h6,8-15,27H,1,7H2,2-5H3,(H,28,33)(H,29,30,31). The number of carbonyl (C=O) groups excluding carboxylic acids is 1. The number of aromatic nitrogens is 2.